The Balaban J connectivity index is 1.63. The summed E-state index contributed by atoms with van der Waals surface area (Å²) < 4.78 is 2.21. The number of hydrogen-bond acceptors (Lipinski definition) is 3. The van der Waals surface area contributed by atoms with Crippen molar-refractivity contribution < 1.29 is 0 Å². The van der Waals surface area contributed by atoms with E-state index in [2.05, 4.69) is 28.9 Å². The van der Waals surface area contributed by atoms with Crippen molar-refractivity contribution in [2.75, 3.05) is 13.6 Å². The zero-order chi connectivity index (χ0) is 14.7. The fourth-order valence-corrected chi connectivity index (χ4v) is 4.20. The number of aromatic nitrogens is 2. The SMILES string of the molecule is CN(Cc1ccn(C2CCCCC2)n1)C1(CN)CCCC1. The second kappa shape index (κ2) is 6.49. The van der Waals surface area contributed by atoms with Gasteiger partial charge in [-0.1, -0.05) is 32.1 Å². The average Bonchev–Trinajstić information content (AvgIpc) is 3.18. The summed E-state index contributed by atoms with van der Waals surface area (Å²) >= 11 is 0. The van der Waals surface area contributed by atoms with Crippen LogP contribution in [0, 0.1) is 0 Å². The fourth-order valence-electron chi connectivity index (χ4n) is 4.20. The first-order valence-corrected chi connectivity index (χ1v) is 8.69. The zero-order valence-electron chi connectivity index (χ0n) is 13.4. The van der Waals surface area contributed by atoms with Crippen molar-refractivity contribution in [1.29, 1.82) is 0 Å². The van der Waals surface area contributed by atoms with Crippen LogP contribution in [0.25, 0.3) is 0 Å². The molecule has 2 aliphatic carbocycles. The summed E-state index contributed by atoms with van der Waals surface area (Å²) in [5.41, 5.74) is 7.49. The predicted molar refractivity (Wildman–Crippen MR) is 86.1 cm³/mol. The predicted octanol–water partition coefficient (Wildman–Crippen LogP) is 3.09. The van der Waals surface area contributed by atoms with E-state index in [9.17, 15) is 0 Å². The molecular weight excluding hydrogens is 260 g/mol. The topological polar surface area (TPSA) is 47.1 Å². The Kier molecular flexibility index (Phi) is 4.65. The lowest BCUT2D eigenvalue weighted by atomic mass is 9.95. The number of nitrogens with two attached hydrogens (primary N) is 1. The van der Waals surface area contributed by atoms with Crippen molar-refractivity contribution in [2.45, 2.75) is 75.9 Å². The summed E-state index contributed by atoms with van der Waals surface area (Å²) in [6.45, 7) is 1.70. The molecule has 0 spiro atoms. The van der Waals surface area contributed by atoms with Crippen molar-refractivity contribution in [3.05, 3.63) is 18.0 Å². The van der Waals surface area contributed by atoms with Crippen molar-refractivity contribution in [3.8, 4) is 0 Å². The van der Waals surface area contributed by atoms with Crippen LogP contribution in [0.15, 0.2) is 12.3 Å². The van der Waals surface area contributed by atoms with Gasteiger partial charge in [0.25, 0.3) is 0 Å². The molecule has 4 heteroatoms. The lowest BCUT2D eigenvalue weighted by Gasteiger charge is -2.37. The zero-order valence-corrected chi connectivity index (χ0v) is 13.4. The highest BCUT2D eigenvalue weighted by atomic mass is 15.3. The van der Waals surface area contributed by atoms with E-state index in [4.69, 9.17) is 10.8 Å². The quantitative estimate of drug-likeness (QED) is 0.906. The largest absolute Gasteiger partial charge is 0.329 e. The molecule has 0 radical (unpaired) electrons. The van der Waals surface area contributed by atoms with Gasteiger partial charge < -0.3 is 5.73 Å². The van der Waals surface area contributed by atoms with Crippen LogP contribution in [0.2, 0.25) is 0 Å². The van der Waals surface area contributed by atoms with Crippen LogP contribution in [0.1, 0.15) is 69.5 Å². The Morgan fingerprint density at radius 2 is 1.95 bits per heavy atom. The molecule has 0 atom stereocenters. The van der Waals surface area contributed by atoms with Gasteiger partial charge in [0.05, 0.1) is 11.7 Å². The second-order valence-electron chi connectivity index (χ2n) is 7.07. The molecule has 0 aliphatic heterocycles. The minimum Gasteiger partial charge on any atom is -0.329 e. The molecule has 2 saturated carbocycles. The Bertz CT molecular complexity index is 441. The molecule has 21 heavy (non-hydrogen) atoms. The average molecular weight is 290 g/mol. The molecule has 0 saturated heterocycles. The van der Waals surface area contributed by atoms with Crippen molar-refractivity contribution in [2.24, 2.45) is 5.73 Å². The Morgan fingerprint density at radius 3 is 2.62 bits per heavy atom. The van der Waals surface area contributed by atoms with Gasteiger partial charge in [0, 0.05) is 24.8 Å². The van der Waals surface area contributed by atoms with Crippen LogP contribution in [-0.2, 0) is 6.54 Å². The van der Waals surface area contributed by atoms with Gasteiger partial charge in [-0.25, -0.2) is 0 Å². The maximum absolute atomic E-state index is 6.08. The van der Waals surface area contributed by atoms with Gasteiger partial charge in [0.2, 0.25) is 0 Å². The smallest absolute Gasteiger partial charge is 0.0764 e. The van der Waals surface area contributed by atoms with E-state index in [1.807, 2.05) is 0 Å². The van der Waals surface area contributed by atoms with Crippen LogP contribution in [-0.4, -0.2) is 33.8 Å². The van der Waals surface area contributed by atoms with Crippen molar-refractivity contribution in [1.82, 2.24) is 14.7 Å². The van der Waals surface area contributed by atoms with E-state index >= 15 is 0 Å². The molecule has 3 rings (SSSR count). The normalized spacial score (nSPS) is 23.0. The molecule has 1 heterocycles. The Hall–Kier alpha value is -0.870. The Morgan fingerprint density at radius 1 is 1.24 bits per heavy atom. The van der Waals surface area contributed by atoms with E-state index in [1.54, 1.807) is 0 Å². The van der Waals surface area contributed by atoms with E-state index in [-0.39, 0.29) is 5.54 Å². The van der Waals surface area contributed by atoms with Crippen LogP contribution in [0.3, 0.4) is 0 Å². The molecule has 1 aromatic rings. The molecule has 118 valence electrons. The highest BCUT2D eigenvalue weighted by Crippen LogP contribution is 2.34. The van der Waals surface area contributed by atoms with Gasteiger partial charge in [0.1, 0.15) is 0 Å². The van der Waals surface area contributed by atoms with Gasteiger partial charge in [-0.05, 0) is 38.8 Å². The van der Waals surface area contributed by atoms with Gasteiger partial charge >= 0.3 is 0 Å². The van der Waals surface area contributed by atoms with Gasteiger partial charge in [-0.3, -0.25) is 9.58 Å². The standard InChI is InChI=1S/C17H30N4/c1-20(17(14-18)10-5-6-11-17)13-15-9-12-21(19-15)16-7-3-2-4-8-16/h9,12,16H,2-8,10-11,13-14,18H2,1H3. The third kappa shape index (κ3) is 3.16. The first-order valence-electron chi connectivity index (χ1n) is 8.69. The monoisotopic (exact) mass is 290 g/mol. The molecule has 1 aromatic heterocycles. The molecule has 0 amide bonds. The third-order valence-corrected chi connectivity index (χ3v) is 5.74. The maximum atomic E-state index is 6.08. The lowest BCUT2D eigenvalue weighted by molar-refractivity contribution is 0.122. The number of rotatable bonds is 5. The van der Waals surface area contributed by atoms with Gasteiger partial charge in [-0.15, -0.1) is 0 Å². The first kappa shape index (κ1) is 15.0. The fraction of sp³-hybridized carbons (Fsp3) is 0.824. The second-order valence-corrected chi connectivity index (χ2v) is 7.07. The summed E-state index contributed by atoms with van der Waals surface area (Å²) in [5, 5.41) is 4.84. The van der Waals surface area contributed by atoms with Gasteiger partial charge in [-0.2, -0.15) is 5.10 Å². The maximum Gasteiger partial charge on any atom is 0.0764 e. The molecule has 2 fully saturated rings. The number of likely N-dealkylation sites (N-methyl/N-ethyl adjacent to an activating group) is 1. The summed E-state index contributed by atoms with van der Waals surface area (Å²) in [6, 6.07) is 2.83. The van der Waals surface area contributed by atoms with Crippen LogP contribution in [0.4, 0.5) is 0 Å². The van der Waals surface area contributed by atoms with E-state index < -0.39 is 0 Å². The third-order valence-electron chi connectivity index (χ3n) is 5.74. The summed E-state index contributed by atoms with van der Waals surface area (Å²) in [6.07, 6.45) is 14.0. The first-order chi connectivity index (χ1) is 10.2. The van der Waals surface area contributed by atoms with E-state index in [0.717, 1.165) is 13.1 Å². The van der Waals surface area contributed by atoms with E-state index in [1.165, 1.54) is 63.5 Å². The lowest BCUT2D eigenvalue weighted by Crippen LogP contribution is -2.49. The number of hydrogen-bond donors (Lipinski definition) is 1. The molecular formula is C17H30N4. The molecule has 0 bridgehead atoms. The van der Waals surface area contributed by atoms with Gasteiger partial charge in [0.15, 0.2) is 0 Å². The summed E-state index contributed by atoms with van der Waals surface area (Å²) in [5.74, 6) is 0. The Labute approximate surface area is 128 Å². The minimum atomic E-state index is 0.217. The summed E-state index contributed by atoms with van der Waals surface area (Å²) in [4.78, 5) is 2.45. The molecule has 2 aliphatic rings. The van der Waals surface area contributed by atoms with Crippen molar-refractivity contribution in [3.63, 3.8) is 0 Å². The minimum absolute atomic E-state index is 0.217. The van der Waals surface area contributed by atoms with Crippen LogP contribution >= 0.6 is 0 Å². The van der Waals surface area contributed by atoms with Crippen LogP contribution in [0.5, 0.6) is 0 Å². The molecule has 4 nitrogen and oxygen atoms in total. The van der Waals surface area contributed by atoms with Crippen LogP contribution < -0.4 is 5.73 Å². The molecule has 0 unspecified atom stereocenters. The highest BCUT2D eigenvalue weighted by Gasteiger charge is 2.36. The molecule has 2 N–H and O–H groups in total. The highest BCUT2D eigenvalue weighted by molar-refractivity contribution is 5.03. The van der Waals surface area contributed by atoms with E-state index in [0.29, 0.717) is 6.04 Å². The summed E-state index contributed by atoms with van der Waals surface area (Å²) in [7, 11) is 2.22. The molecule has 0 aromatic carbocycles. The number of nitrogens with zero attached hydrogens (tertiary/aromatic N) is 3. The van der Waals surface area contributed by atoms with Crippen molar-refractivity contribution >= 4 is 0 Å².